The van der Waals surface area contributed by atoms with Crippen LogP contribution in [-0.4, -0.2) is 45.2 Å². The van der Waals surface area contributed by atoms with Crippen LogP contribution in [0.5, 0.6) is 5.75 Å². The number of allylic oxidation sites excluding steroid dienone is 1. The number of aryl methyl sites for hydroxylation is 2. The minimum Gasteiger partial charge on any atom is -0.496 e. The van der Waals surface area contributed by atoms with Gasteiger partial charge in [-0.15, -0.1) is 0 Å². The summed E-state index contributed by atoms with van der Waals surface area (Å²) in [5.41, 5.74) is 4.11. The summed E-state index contributed by atoms with van der Waals surface area (Å²) in [5, 5.41) is 0.730. The van der Waals surface area contributed by atoms with Gasteiger partial charge in [-0.2, -0.15) is 0 Å². The molecule has 160 valence electrons. The van der Waals surface area contributed by atoms with Crippen molar-refractivity contribution in [3.8, 4) is 11.4 Å². The minimum atomic E-state index is -0.558. The van der Waals surface area contributed by atoms with Gasteiger partial charge < -0.3 is 9.64 Å². The minimum absolute atomic E-state index is 0.191. The Labute approximate surface area is 179 Å². The molecule has 31 heavy (non-hydrogen) atoms. The second kappa shape index (κ2) is 7.54. The molecule has 0 atom stereocenters. The van der Waals surface area contributed by atoms with Crippen molar-refractivity contribution in [2.75, 3.05) is 21.2 Å². The number of imidazole rings is 1. The van der Waals surface area contributed by atoms with E-state index in [2.05, 4.69) is 9.97 Å². The molecule has 1 aromatic carbocycles. The van der Waals surface area contributed by atoms with Crippen LogP contribution in [0.3, 0.4) is 0 Å². The van der Waals surface area contributed by atoms with E-state index in [-0.39, 0.29) is 11.4 Å². The van der Waals surface area contributed by atoms with E-state index in [1.165, 1.54) is 9.13 Å². The third-order valence-corrected chi connectivity index (χ3v) is 5.36. The Morgan fingerprint density at radius 3 is 2.61 bits per heavy atom. The number of fused-ring (bicyclic) bond motifs is 3. The molecule has 3 heterocycles. The van der Waals surface area contributed by atoms with Crippen molar-refractivity contribution in [1.82, 2.24) is 24.0 Å². The van der Waals surface area contributed by atoms with Gasteiger partial charge in [-0.05, 0) is 31.1 Å². The zero-order valence-corrected chi connectivity index (χ0v) is 18.4. The third-order valence-electron chi connectivity index (χ3n) is 5.36. The molecule has 0 amide bonds. The van der Waals surface area contributed by atoms with Crippen molar-refractivity contribution in [1.29, 1.82) is 0 Å². The van der Waals surface area contributed by atoms with E-state index < -0.39 is 5.82 Å². The van der Waals surface area contributed by atoms with Crippen LogP contribution in [0.1, 0.15) is 18.1 Å². The summed E-state index contributed by atoms with van der Waals surface area (Å²) in [6, 6.07) is 3.79. The zero-order valence-electron chi connectivity index (χ0n) is 18.4. The van der Waals surface area contributed by atoms with Crippen LogP contribution in [0.2, 0.25) is 0 Å². The van der Waals surface area contributed by atoms with Crippen LogP contribution in [0.4, 0.5) is 4.39 Å². The van der Waals surface area contributed by atoms with Gasteiger partial charge in [-0.3, -0.25) is 19.1 Å². The Bertz CT molecular complexity index is 1400. The molecule has 4 aromatic rings. The molecule has 0 bridgehead atoms. The predicted molar refractivity (Wildman–Crippen MR) is 120 cm³/mol. The van der Waals surface area contributed by atoms with E-state index in [1.807, 2.05) is 44.3 Å². The van der Waals surface area contributed by atoms with E-state index in [1.54, 1.807) is 33.5 Å². The number of methoxy groups -OCH3 is 1. The molecule has 0 saturated heterocycles. The van der Waals surface area contributed by atoms with Crippen molar-refractivity contribution in [2.45, 2.75) is 13.8 Å². The van der Waals surface area contributed by atoms with Crippen molar-refractivity contribution < 1.29 is 9.13 Å². The van der Waals surface area contributed by atoms with Gasteiger partial charge in [0.15, 0.2) is 5.82 Å². The first-order valence-corrected chi connectivity index (χ1v) is 9.78. The van der Waals surface area contributed by atoms with Crippen LogP contribution in [0.25, 0.3) is 33.2 Å². The van der Waals surface area contributed by atoms with E-state index in [9.17, 15) is 9.18 Å². The van der Waals surface area contributed by atoms with E-state index >= 15 is 0 Å². The molecule has 8 heteroatoms. The van der Waals surface area contributed by atoms with Gasteiger partial charge in [-0.25, -0.2) is 9.18 Å². The van der Waals surface area contributed by atoms with Crippen LogP contribution < -0.4 is 10.4 Å². The molecule has 0 aliphatic carbocycles. The highest BCUT2D eigenvalue weighted by Crippen LogP contribution is 2.34. The molecule has 0 N–H and O–H groups in total. The number of nitrogens with zero attached hydrogens (tertiary/aromatic N) is 5. The van der Waals surface area contributed by atoms with Crippen LogP contribution in [0.15, 0.2) is 41.7 Å². The number of rotatable bonds is 4. The maximum atomic E-state index is 14.8. The molecule has 0 spiro atoms. The summed E-state index contributed by atoms with van der Waals surface area (Å²) < 4.78 is 23.3. The number of pyridine rings is 2. The lowest BCUT2D eigenvalue weighted by Crippen LogP contribution is -2.22. The number of aromatic nitrogens is 4. The maximum Gasteiger partial charge on any atom is 0.333 e. The fraction of sp³-hybridized carbons (Fsp3) is 0.261. The molecular formula is C23H24FN5O2. The van der Waals surface area contributed by atoms with Crippen LogP contribution in [-0.2, 0) is 7.05 Å². The SMILES string of the molecule is COc1cc2ncc3c(c2cc1/C(C)=C/N(C)C)n(-c1c(C)cncc1F)c(=O)n3C. The van der Waals surface area contributed by atoms with E-state index in [4.69, 9.17) is 4.74 Å². The molecule has 0 aliphatic heterocycles. The molecular weight excluding hydrogens is 397 g/mol. The number of ether oxygens (including phenoxy) is 1. The monoisotopic (exact) mass is 421 g/mol. The summed E-state index contributed by atoms with van der Waals surface area (Å²) in [4.78, 5) is 23.6. The quantitative estimate of drug-likeness (QED) is 0.503. The second-order valence-corrected chi connectivity index (χ2v) is 7.80. The Balaban J connectivity index is 2.20. The highest BCUT2D eigenvalue weighted by atomic mass is 19.1. The summed E-state index contributed by atoms with van der Waals surface area (Å²) in [7, 11) is 7.16. The molecule has 3 aromatic heterocycles. The zero-order chi connectivity index (χ0) is 22.4. The van der Waals surface area contributed by atoms with Crippen molar-refractivity contribution >= 4 is 27.5 Å². The maximum absolute atomic E-state index is 14.8. The van der Waals surface area contributed by atoms with Gasteiger partial charge in [0, 0.05) is 50.6 Å². The lowest BCUT2D eigenvalue weighted by molar-refractivity contribution is 0.414. The molecule has 0 unspecified atom stereocenters. The van der Waals surface area contributed by atoms with Gasteiger partial charge in [0.1, 0.15) is 5.75 Å². The van der Waals surface area contributed by atoms with Gasteiger partial charge in [0.05, 0.1) is 41.7 Å². The van der Waals surface area contributed by atoms with Gasteiger partial charge >= 0.3 is 5.69 Å². The molecule has 0 radical (unpaired) electrons. The van der Waals surface area contributed by atoms with Crippen LogP contribution >= 0.6 is 0 Å². The first-order chi connectivity index (χ1) is 14.7. The summed E-state index contributed by atoms with van der Waals surface area (Å²) >= 11 is 0. The molecule has 7 nitrogen and oxygen atoms in total. The first kappa shape index (κ1) is 20.6. The van der Waals surface area contributed by atoms with Gasteiger partial charge in [-0.1, -0.05) is 0 Å². The average Bonchev–Trinajstić information content (AvgIpc) is 2.97. The molecule has 0 saturated carbocycles. The Morgan fingerprint density at radius 2 is 1.97 bits per heavy atom. The normalized spacial score (nSPS) is 12.0. The fourth-order valence-electron chi connectivity index (χ4n) is 3.97. The van der Waals surface area contributed by atoms with Crippen LogP contribution in [0, 0.1) is 12.7 Å². The standard InChI is InChI=1S/C23H24FN5O2/c1-13-9-25-10-17(24)21(13)29-22-16-7-15(14(2)12-27(3)4)20(31-6)8-18(16)26-11-19(22)28(5)23(29)30/h7-12H,1-6H3/b14-12+. The lowest BCUT2D eigenvalue weighted by atomic mass is 10.0. The third kappa shape index (κ3) is 3.24. The largest absolute Gasteiger partial charge is 0.496 e. The van der Waals surface area contributed by atoms with E-state index in [0.29, 0.717) is 27.9 Å². The number of hydrogen-bond donors (Lipinski definition) is 0. The van der Waals surface area contributed by atoms with Crippen molar-refractivity contribution in [3.05, 3.63) is 64.4 Å². The fourth-order valence-corrected chi connectivity index (χ4v) is 3.97. The van der Waals surface area contributed by atoms with Crippen molar-refractivity contribution in [2.24, 2.45) is 7.05 Å². The molecule has 0 fully saturated rings. The number of benzene rings is 1. The van der Waals surface area contributed by atoms with Gasteiger partial charge in [0.25, 0.3) is 0 Å². The summed E-state index contributed by atoms with van der Waals surface area (Å²) in [6.07, 6.45) is 6.29. The average molecular weight is 421 g/mol. The highest BCUT2D eigenvalue weighted by Gasteiger charge is 2.21. The lowest BCUT2D eigenvalue weighted by Gasteiger charge is -2.14. The molecule has 0 aliphatic rings. The Kier molecular flexibility index (Phi) is 5.00. The van der Waals surface area contributed by atoms with E-state index in [0.717, 1.165) is 22.7 Å². The van der Waals surface area contributed by atoms with Crippen molar-refractivity contribution in [3.63, 3.8) is 0 Å². The molecule has 4 rings (SSSR count). The second-order valence-electron chi connectivity index (χ2n) is 7.80. The summed E-state index contributed by atoms with van der Waals surface area (Å²) in [6.45, 7) is 3.72. The summed E-state index contributed by atoms with van der Waals surface area (Å²) in [5.74, 6) is 0.114. The topological polar surface area (TPSA) is 65.2 Å². The Hall–Kier alpha value is -3.68. The first-order valence-electron chi connectivity index (χ1n) is 9.78. The smallest absolute Gasteiger partial charge is 0.333 e. The predicted octanol–water partition coefficient (Wildman–Crippen LogP) is 3.65. The number of hydrogen-bond acceptors (Lipinski definition) is 5. The Morgan fingerprint density at radius 1 is 1.23 bits per heavy atom. The highest BCUT2D eigenvalue weighted by molar-refractivity contribution is 6.05. The number of halogens is 1. The van der Waals surface area contributed by atoms with Gasteiger partial charge in [0.2, 0.25) is 0 Å².